The van der Waals surface area contributed by atoms with Gasteiger partial charge in [-0.3, -0.25) is 4.55 Å². The highest BCUT2D eigenvalue weighted by atomic mass is 32.2. The molecule has 0 heterocycles. The Kier molecular flexibility index (Phi) is 5.60. The van der Waals surface area contributed by atoms with E-state index in [1.54, 1.807) is 6.08 Å². The van der Waals surface area contributed by atoms with Crippen molar-refractivity contribution in [2.75, 3.05) is 18.8 Å². The van der Waals surface area contributed by atoms with Crippen LogP contribution in [0.15, 0.2) is 12.7 Å². The van der Waals surface area contributed by atoms with Crippen LogP contribution in [0.1, 0.15) is 0 Å². The van der Waals surface area contributed by atoms with Gasteiger partial charge in [0.25, 0.3) is 10.1 Å². The lowest BCUT2D eigenvalue weighted by atomic mass is 10.6. The van der Waals surface area contributed by atoms with Crippen molar-refractivity contribution in [3.05, 3.63) is 12.7 Å². The minimum atomic E-state index is -3.91. The maximum absolute atomic E-state index is 10.3. The van der Waals surface area contributed by atoms with Gasteiger partial charge in [-0.05, 0) is 12.2 Å². The molecule has 0 rings (SSSR count). The third-order valence-electron chi connectivity index (χ3n) is 1.05. The van der Waals surface area contributed by atoms with Crippen LogP contribution in [0.3, 0.4) is 0 Å². The van der Waals surface area contributed by atoms with Crippen LogP contribution < -0.4 is 10.6 Å². The summed E-state index contributed by atoms with van der Waals surface area (Å²) in [6.45, 7) is 4.06. The van der Waals surface area contributed by atoms with Crippen LogP contribution in [-0.4, -0.2) is 36.9 Å². The molecule has 13 heavy (non-hydrogen) atoms. The molecule has 0 spiro atoms. The zero-order valence-electron chi connectivity index (χ0n) is 6.99. The molecule has 0 fully saturated rings. The molecule has 0 aromatic carbocycles. The van der Waals surface area contributed by atoms with Crippen molar-refractivity contribution < 1.29 is 13.0 Å². The summed E-state index contributed by atoms with van der Waals surface area (Å²) in [5.74, 6) is -0.358. The summed E-state index contributed by atoms with van der Waals surface area (Å²) in [6.07, 6.45) is 1.62. The van der Waals surface area contributed by atoms with Gasteiger partial charge in [0, 0.05) is 13.1 Å². The average molecular weight is 224 g/mol. The molecule has 0 amide bonds. The van der Waals surface area contributed by atoms with E-state index in [9.17, 15) is 8.42 Å². The second kappa shape index (κ2) is 5.90. The quantitative estimate of drug-likeness (QED) is 0.333. The van der Waals surface area contributed by atoms with Crippen molar-refractivity contribution in [2.45, 2.75) is 0 Å². The average Bonchev–Trinajstić information content (AvgIpc) is 1.98. The van der Waals surface area contributed by atoms with Gasteiger partial charge in [0.15, 0.2) is 5.11 Å². The van der Waals surface area contributed by atoms with E-state index in [-0.39, 0.29) is 12.3 Å². The normalized spacial score (nSPS) is 10.5. The highest BCUT2D eigenvalue weighted by Gasteiger charge is 2.03. The van der Waals surface area contributed by atoms with Crippen LogP contribution in [0.2, 0.25) is 0 Å². The highest BCUT2D eigenvalue weighted by molar-refractivity contribution is 7.85. The van der Waals surface area contributed by atoms with E-state index in [4.69, 9.17) is 16.8 Å². The maximum atomic E-state index is 10.3. The number of thiocarbonyl (C=S) groups is 1. The topological polar surface area (TPSA) is 78.4 Å². The lowest BCUT2D eigenvalue weighted by molar-refractivity contribution is 0.482. The molecule has 7 heteroatoms. The zero-order valence-corrected chi connectivity index (χ0v) is 8.62. The second-order valence-corrected chi connectivity index (χ2v) is 4.19. The van der Waals surface area contributed by atoms with Gasteiger partial charge in [0.2, 0.25) is 0 Å². The first-order chi connectivity index (χ1) is 5.95. The summed E-state index contributed by atoms with van der Waals surface area (Å²) >= 11 is 4.76. The van der Waals surface area contributed by atoms with Crippen LogP contribution >= 0.6 is 12.2 Å². The summed E-state index contributed by atoms with van der Waals surface area (Å²) < 4.78 is 28.9. The van der Waals surface area contributed by atoms with E-state index in [0.717, 1.165) is 0 Å². The van der Waals surface area contributed by atoms with Gasteiger partial charge in [0.1, 0.15) is 0 Å². The molecule has 0 unspecified atom stereocenters. The molecule has 0 saturated heterocycles. The van der Waals surface area contributed by atoms with Gasteiger partial charge in [-0.2, -0.15) is 8.42 Å². The Bertz CT molecular complexity index is 274. The molecule has 3 N–H and O–H groups in total. The fourth-order valence-electron chi connectivity index (χ4n) is 0.521. The van der Waals surface area contributed by atoms with Crippen molar-refractivity contribution in [1.29, 1.82) is 0 Å². The Morgan fingerprint density at radius 2 is 2.15 bits per heavy atom. The molecule has 0 aliphatic rings. The molecule has 0 aromatic heterocycles. The summed E-state index contributed by atoms with van der Waals surface area (Å²) in [6, 6.07) is 0. The van der Waals surface area contributed by atoms with Crippen molar-refractivity contribution in [3.8, 4) is 0 Å². The van der Waals surface area contributed by atoms with E-state index in [1.165, 1.54) is 0 Å². The molecule has 76 valence electrons. The van der Waals surface area contributed by atoms with Crippen molar-refractivity contribution >= 4 is 27.4 Å². The molecule has 5 nitrogen and oxygen atoms in total. The molecule has 0 bridgehead atoms. The van der Waals surface area contributed by atoms with Crippen LogP contribution in [-0.2, 0) is 10.1 Å². The summed E-state index contributed by atoms with van der Waals surface area (Å²) in [4.78, 5) is 0. The first-order valence-corrected chi connectivity index (χ1v) is 5.55. The second-order valence-electron chi connectivity index (χ2n) is 2.21. The van der Waals surface area contributed by atoms with Crippen molar-refractivity contribution in [2.24, 2.45) is 0 Å². The summed E-state index contributed by atoms with van der Waals surface area (Å²) in [5, 5.41) is 5.69. The minimum Gasteiger partial charge on any atom is -0.362 e. The lowest BCUT2D eigenvalue weighted by Gasteiger charge is -2.06. The fraction of sp³-hybridized carbons (Fsp3) is 0.500. The molecule has 0 aliphatic carbocycles. The SMILES string of the molecule is C=CCNC(=S)NCCS(=O)(=O)O. The third-order valence-corrected chi connectivity index (χ3v) is 2.06. The van der Waals surface area contributed by atoms with Gasteiger partial charge < -0.3 is 10.6 Å². The summed E-state index contributed by atoms with van der Waals surface area (Å²) in [7, 11) is -3.91. The van der Waals surface area contributed by atoms with Crippen molar-refractivity contribution in [3.63, 3.8) is 0 Å². The monoisotopic (exact) mass is 224 g/mol. The van der Waals surface area contributed by atoms with Crippen molar-refractivity contribution in [1.82, 2.24) is 10.6 Å². The van der Waals surface area contributed by atoms with Gasteiger partial charge in [-0.25, -0.2) is 0 Å². The van der Waals surface area contributed by atoms with Gasteiger partial charge in [0.05, 0.1) is 5.75 Å². The third kappa shape index (κ3) is 9.25. The minimum absolute atomic E-state index is 0.0851. The molecular formula is C6H12N2O3S2. The molecule has 0 atom stereocenters. The predicted octanol–water partition coefficient (Wildman–Crippen LogP) is -0.476. The van der Waals surface area contributed by atoms with Crippen LogP contribution in [0.5, 0.6) is 0 Å². The van der Waals surface area contributed by atoms with E-state index >= 15 is 0 Å². The fourth-order valence-corrected chi connectivity index (χ4v) is 1.07. The highest BCUT2D eigenvalue weighted by Crippen LogP contribution is 1.78. The largest absolute Gasteiger partial charge is 0.362 e. The predicted molar refractivity (Wildman–Crippen MR) is 55.2 cm³/mol. The first-order valence-electron chi connectivity index (χ1n) is 3.53. The van der Waals surface area contributed by atoms with E-state index in [0.29, 0.717) is 11.7 Å². The summed E-state index contributed by atoms with van der Waals surface area (Å²) in [5.41, 5.74) is 0. The van der Waals surface area contributed by atoms with E-state index in [1.807, 2.05) is 0 Å². The molecule has 0 radical (unpaired) electrons. The van der Waals surface area contributed by atoms with E-state index < -0.39 is 10.1 Å². The Hall–Kier alpha value is -0.660. The lowest BCUT2D eigenvalue weighted by Crippen LogP contribution is -2.37. The number of rotatable bonds is 5. The van der Waals surface area contributed by atoms with Crippen LogP contribution in [0.4, 0.5) is 0 Å². The van der Waals surface area contributed by atoms with Crippen LogP contribution in [0.25, 0.3) is 0 Å². The van der Waals surface area contributed by atoms with Gasteiger partial charge in [-0.1, -0.05) is 6.08 Å². The Balaban J connectivity index is 3.54. The molecule has 0 aliphatic heterocycles. The molecule has 0 saturated carbocycles. The number of hydrogen-bond acceptors (Lipinski definition) is 3. The number of nitrogens with one attached hydrogen (secondary N) is 2. The standard InChI is InChI=1S/C6H12N2O3S2/c1-2-3-7-6(12)8-4-5-13(9,10)11/h2H,1,3-5H2,(H2,7,8,12)(H,9,10,11). The first kappa shape index (κ1) is 12.3. The van der Waals surface area contributed by atoms with Gasteiger partial charge in [-0.15, -0.1) is 6.58 Å². The Morgan fingerprint density at radius 3 is 2.62 bits per heavy atom. The smallest absolute Gasteiger partial charge is 0.266 e. The Labute approximate surface area is 83.0 Å². The Morgan fingerprint density at radius 1 is 1.54 bits per heavy atom. The zero-order chi connectivity index (χ0) is 10.3. The molecule has 0 aromatic rings. The molecular weight excluding hydrogens is 212 g/mol. The van der Waals surface area contributed by atoms with Gasteiger partial charge >= 0.3 is 0 Å². The van der Waals surface area contributed by atoms with Crippen LogP contribution in [0, 0.1) is 0 Å². The van der Waals surface area contributed by atoms with E-state index in [2.05, 4.69) is 17.2 Å². The maximum Gasteiger partial charge on any atom is 0.266 e. The number of hydrogen-bond donors (Lipinski definition) is 3.